The van der Waals surface area contributed by atoms with Crippen molar-refractivity contribution in [1.29, 1.82) is 0 Å². The second-order valence-corrected chi connectivity index (χ2v) is 8.13. The number of rotatable bonds is 15. The molecule has 0 atom stereocenters. The van der Waals surface area contributed by atoms with Crippen molar-refractivity contribution >= 4 is 5.97 Å². The van der Waals surface area contributed by atoms with Crippen LogP contribution >= 0.6 is 0 Å². The highest BCUT2D eigenvalue weighted by atomic mass is 16.5. The third-order valence-electron chi connectivity index (χ3n) is 5.33. The molecule has 1 aromatic heterocycles. The van der Waals surface area contributed by atoms with E-state index in [9.17, 15) is 4.79 Å². The van der Waals surface area contributed by atoms with Crippen LogP contribution in [0.1, 0.15) is 90.0 Å². The highest BCUT2D eigenvalue weighted by Gasteiger charge is 2.05. The molecule has 0 radical (unpaired) electrons. The lowest BCUT2D eigenvalue weighted by Gasteiger charge is -2.05. The first-order valence-electron chi connectivity index (χ1n) is 12.0. The second-order valence-electron chi connectivity index (χ2n) is 8.13. The molecule has 0 saturated carbocycles. The first-order valence-corrected chi connectivity index (χ1v) is 12.0. The van der Waals surface area contributed by atoms with Crippen molar-refractivity contribution in [1.82, 2.24) is 9.97 Å². The summed E-state index contributed by atoms with van der Waals surface area (Å²) in [7, 11) is 0. The number of allylic oxidation sites excluding steroid dienone is 1. The maximum atomic E-state index is 11.9. The number of carbonyl (C=O) groups is 1. The first kappa shape index (κ1) is 24.8. The van der Waals surface area contributed by atoms with Gasteiger partial charge in [0.25, 0.3) is 0 Å². The summed E-state index contributed by atoms with van der Waals surface area (Å²) in [5, 5.41) is 0. The summed E-state index contributed by atoms with van der Waals surface area (Å²) in [4.78, 5) is 20.9. The van der Waals surface area contributed by atoms with Crippen molar-refractivity contribution in [3.63, 3.8) is 0 Å². The predicted molar refractivity (Wildman–Crippen MR) is 128 cm³/mol. The average molecular weight is 423 g/mol. The van der Waals surface area contributed by atoms with Gasteiger partial charge in [-0.05, 0) is 55.5 Å². The van der Waals surface area contributed by atoms with Crippen molar-refractivity contribution < 1.29 is 9.53 Å². The molecule has 2 rings (SSSR count). The van der Waals surface area contributed by atoms with Crippen LogP contribution < -0.4 is 4.74 Å². The number of aryl methyl sites for hydroxylation is 1. The Balaban J connectivity index is 1.75. The van der Waals surface area contributed by atoms with E-state index in [1.165, 1.54) is 69.4 Å². The normalized spacial score (nSPS) is 11.2. The van der Waals surface area contributed by atoms with E-state index in [2.05, 4.69) is 23.8 Å². The fourth-order valence-electron chi connectivity index (χ4n) is 3.43. The summed E-state index contributed by atoms with van der Waals surface area (Å²) >= 11 is 0. The minimum Gasteiger partial charge on any atom is -0.423 e. The van der Waals surface area contributed by atoms with Crippen LogP contribution in [0, 0.1) is 0 Å². The summed E-state index contributed by atoms with van der Waals surface area (Å²) in [6, 6.07) is 7.35. The van der Waals surface area contributed by atoms with Crippen molar-refractivity contribution in [2.24, 2.45) is 0 Å². The molecular weight excluding hydrogens is 384 g/mol. The number of aromatic nitrogens is 2. The van der Waals surface area contributed by atoms with Crippen molar-refractivity contribution in [2.45, 2.75) is 90.9 Å². The van der Waals surface area contributed by atoms with Gasteiger partial charge >= 0.3 is 5.97 Å². The Morgan fingerprint density at radius 3 is 2.13 bits per heavy atom. The van der Waals surface area contributed by atoms with E-state index in [4.69, 9.17) is 4.74 Å². The van der Waals surface area contributed by atoms with Gasteiger partial charge in [-0.15, -0.1) is 0 Å². The zero-order valence-electron chi connectivity index (χ0n) is 19.3. The molecule has 0 aliphatic rings. The predicted octanol–water partition coefficient (Wildman–Crippen LogP) is 7.48. The molecule has 0 unspecified atom stereocenters. The lowest BCUT2D eigenvalue weighted by Crippen LogP contribution is -2.03. The van der Waals surface area contributed by atoms with Gasteiger partial charge in [0, 0.05) is 24.0 Å². The minimum atomic E-state index is -0.338. The summed E-state index contributed by atoms with van der Waals surface area (Å²) in [5.41, 5.74) is 2.10. The summed E-state index contributed by atoms with van der Waals surface area (Å²) in [6.07, 6.45) is 21.8. The fourth-order valence-corrected chi connectivity index (χ4v) is 3.43. The van der Waals surface area contributed by atoms with E-state index in [-0.39, 0.29) is 5.97 Å². The molecule has 0 spiro atoms. The van der Waals surface area contributed by atoms with Gasteiger partial charge in [-0.3, -0.25) is 0 Å². The van der Waals surface area contributed by atoms with Gasteiger partial charge in [0.1, 0.15) is 5.75 Å². The van der Waals surface area contributed by atoms with Gasteiger partial charge in [0.05, 0.1) is 0 Å². The molecule has 0 aliphatic heterocycles. The highest BCUT2D eigenvalue weighted by Crippen LogP contribution is 2.20. The molecule has 0 saturated heterocycles. The summed E-state index contributed by atoms with van der Waals surface area (Å²) in [6.45, 7) is 4.42. The number of esters is 1. The Kier molecular flexibility index (Phi) is 12.3. The topological polar surface area (TPSA) is 52.1 Å². The maximum Gasteiger partial charge on any atom is 0.335 e. The molecule has 0 fully saturated rings. The second kappa shape index (κ2) is 15.3. The first-order chi connectivity index (χ1) is 15.2. The molecular formula is C27H38N2O2. The number of unbranched alkanes of at least 4 members (excludes halogenated alkanes) is 9. The van der Waals surface area contributed by atoms with Crippen LogP contribution in [0.4, 0.5) is 0 Å². The van der Waals surface area contributed by atoms with E-state index < -0.39 is 0 Å². The third-order valence-corrected chi connectivity index (χ3v) is 5.33. The van der Waals surface area contributed by atoms with Crippen LogP contribution in [0.25, 0.3) is 11.4 Å². The fraction of sp³-hybridized carbons (Fsp3) is 0.519. The largest absolute Gasteiger partial charge is 0.423 e. The monoisotopic (exact) mass is 422 g/mol. The van der Waals surface area contributed by atoms with E-state index in [1.807, 2.05) is 30.6 Å². The van der Waals surface area contributed by atoms with Gasteiger partial charge in [-0.25, -0.2) is 14.8 Å². The average Bonchev–Trinajstić information content (AvgIpc) is 2.79. The Labute approximate surface area is 188 Å². The van der Waals surface area contributed by atoms with Gasteiger partial charge in [0.15, 0.2) is 5.82 Å². The van der Waals surface area contributed by atoms with Crippen LogP contribution in [0.3, 0.4) is 0 Å². The molecule has 0 aliphatic carbocycles. The number of hydrogen-bond acceptors (Lipinski definition) is 4. The van der Waals surface area contributed by atoms with Crippen molar-refractivity contribution in [2.75, 3.05) is 0 Å². The zero-order valence-corrected chi connectivity index (χ0v) is 19.3. The van der Waals surface area contributed by atoms with Crippen LogP contribution in [0.5, 0.6) is 5.75 Å². The number of ether oxygens (including phenoxy) is 1. The van der Waals surface area contributed by atoms with E-state index >= 15 is 0 Å². The standard InChI is InChI=1S/C27H38N2O2/c1-3-5-7-9-10-12-13-15-23-21-28-27(29-22-23)24-17-19-25(20-18-24)31-26(30)16-14-11-8-6-4-2/h14,16-22H,3-13,15H2,1-2H3/b16-14+. The van der Waals surface area contributed by atoms with Gasteiger partial charge in [0.2, 0.25) is 0 Å². The Morgan fingerprint density at radius 2 is 1.45 bits per heavy atom. The zero-order chi connectivity index (χ0) is 22.2. The molecule has 31 heavy (non-hydrogen) atoms. The molecule has 4 nitrogen and oxygen atoms in total. The SMILES string of the molecule is CCCCC/C=C/C(=O)Oc1ccc(-c2ncc(CCCCCCCCC)cn2)cc1. The molecule has 2 aromatic rings. The summed E-state index contributed by atoms with van der Waals surface area (Å²) < 4.78 is 5.35. The highest BCUT2D eigenvalue weighted by molar-refractivity contribution is 5.84. The van der Waals surface area contributed by atoms with Crippen molar-refractivity contribution in [3.8, 4) is 17.1 Å². The van der Waals surface area contributed by atoms with E-state index in [0.29, 0.717) is 11.6 Å². The number of hydrogen-bond donors (Lipinski definition) is 0. The van der Waals surface area contributed by atoms with Gasteiger partial charge in [-0.1, -0.05) is 71.3 Å². The number of carbonyl (C=O) groups excluding carboxylic acids is 1. The number of nitrogens with zero attached hydrogens (tertiary/aromatic N) is 2. The molecule has 0 bridgehead atoms. The lowest BCUT2D eigenvalue weighted by molar-refractivity contribution is -0.129. The van der Waals surface area contributed by atoms with Crippen LogP contribution in [-0.2, 0) is 11.2 Å². The minimum absolute atomic E-state index is 0.338. The Hall–Kier alpha value is -2.49. The van der Waals surface area contributed by atoms with Crippen LogP contribution in [0.2, 0.25) is 0 Å². The Morgan fingerprint density at radius 1 is 0.839 bits per heavy atom. The smallest absolute Gasteiger partial charge is 0.335 e. The van der Waals surface area contributed by atoms with E-state index in [1.54, 1.807) is 12.1 Å². The molecule has 168 valence electrons. The van der Waals surface area contributed by atoms with Crippen LogP contribution in [0.15, 0.2) is 48.8 Å². The molecule has 0 N–H and O–H groups in total. The maximum absolute atomic E-state index is 11.9. The molecule has 1 aromatic carbocycles. The van der Waals surface area contributed by atoms with Crippen molar-refractivity contribution in [3.05, 3.63) is 54.4 Å². The third kappa shape index (κ3) is 10.4. The molecule has 1 heterocycles. The lowest BCUT2D eigenvalue weighted by atomic mass is 10.1. The summed E-state index contributed by atoms with van der Waals surface area (Å²) in [5.74, 6) is 0.884. The Bertz CT molecular complexity index is 767. The number of benzene rings is 1. The molecule has 0 amide bonds. The van der Waals surface area contributed by atoms with Gasteiger partial charge < -0.3 is 4.74 Å². The quantitative estimate of drug-likeness (QED) is 0.129. The van der Waals surface area contributed by atoms with Crippen LogP contribution in [-0.4, -0.2) is 15.9 Å². The van der Waals surface area contributed by atoms with Gasteiger partial charge in [-0.2, -0.15) is 0 Å². The molecule has 4 heteroatoms. The van der Waals surface area contributed by atoms with E-state index in [0.717, 1.165) is 24.8 Å².